The molecule has 0 saturated heterocycles. The summed E-state index contributed by atoms with van der Waals surface area (Å²) >= 11 is 0. The molecule has 0 saturated carbocycles. The minimum atomic E-state index is -4.59. The highest BCUT2D eigenvalue weighted by Crippen LogP contribution is 2.35. The number of anilines is 1. The van der Waals surface area contributed by atoms with Crippen LogP contribution in [0.2, 0.25) is 0 Å². The molecule has 0 bridgehead atoms. The van der Waals surface area contributed by atoms with Crippen molar-refractivity contribution in [2.24, 2.45) is 0 Å². The molecular weight excluding hydrogens is 295 g/mol. The normalized spacial score (nSPS) is 11.9. The van der Waals surface area contributed by atoms with Crippen LogP contribution in [0.25, 0.3) is 11.0 Å². The fraction of sp³-hybridized carbons (Fsp3) is 0.438. The SMILES string of the molecule is CCCN(CCC)c1ccc2oc(=O)cc(C(F)(F)F)c2c1. The van der Waals surface area contributed by atoms with Crippen LogP contribution < -0.4 is 10.5 Å². The van der Waals surface area contributed by atoms with Crippen molar-refractivity contribution >= 4 is 16.7 Å². The molecule has 0 aliphatic carbocycles. The first-order valence-electron chi connectivity index (χ1n) is 7.26. The fourth-order valence-electron chi connectivity index (χ4n) is 2.49. The third-order valence-electron chi connectivity index (χ3n) is 3.38. The van der Waals surface area contributed by atoms with E-state index >= 15 is 0 Å². The molecule has 0 atom stereocenters. The van der Waals surface area contributed by atoms with E-state index in [-0.39, 0.29) is 11.0 Å². The molecule has 0 N–H and O–H groups in total. The van der Waals surface area contributed by atoms with E-state index in [0.29, 0.717) is 11.8 Å². The Kier molecular flexibility index (Phi) is 4.78. The van der Waals surface area contributed by atoms with Crippen LogP contribution in [0.15, 0.2) is 33.5 Å². The van der Waals surface area contributed by atoms with Gasteiger partial charge in [-0.2, -0.15) is 13.2 Å². The lowest BCUT2D eigenvalue weighted by atomic mass is 10.1. The maximum Gasteiger partial charge on any atom is 0.417 e. The monoisotopic (exact) mass is 313 g/mol. The number of nitrogens with zero attached hydrogens (tertiary/aromatic N) is 1. The predicted octanol–water partition coefficient (Wildman–Crippen LogP) is 4.44. The molecule has 0 fully saturated rings. The second-order valence-corrected chi connectivity index (χ2v) is 5.14. The van der Waals surface area contributed by atoms with Crippen molar-refractivity contribution in [3.8, 4) is 0 Å². The van der Waals surface area contributed by atoms with Gasteiger partial charge in [-0.3, -0.25) is 0 Å². The van der Waals surface area contributed by atoms with E-state index in [0.717, 1.165) is 25.9 Å². The standard InChI is InChI=1S/C16H18F3NO2/c1-3-7-20(8-4-2)11-5-6-14-12(9-11)13(16(17,18)19)10-15(21)22-14/h5-6,9-10H,3-4,7-8H2,1-2H3. The molecule has 0 aliphatic heterocycles. The summed E-state index contributed by atoms with van der Waals surface area (Å²) in [6.07, 6.45) is -2.80. The number of hydrogen-bond acceptors (Lipinski definition) is 3. The van der Waals surface area contributed by atoms with Gasteiger partial charge in [0.05, 0.1) is 5.56 Å². The lowest BCUT2D eigenvalue weighted by molar-refractivity contribution is -0.136. The molecule has 0 aliphatic rings. The van der Waals surface area contributed by atoms with Crippen LogP contribution in [0, 0.1) is 0 Å². The zero-order chi connectivity index (χ0) is 16.3. The first-order valence-corrected chi connectivity index (χ1v) is 7.26. The van der Waals surface area contributed by atoms with Gasteiger partial charge < -0.3 is 9.32 Å². The topological polar surface area (TPSA) is 33.5 Å². The molecule has 0 spiro atoms. The summed E-state index contributed by atoms with van der Waals surface area (Å²) < 4.78 is 44.3. The Hall–Kier alpha value is -1.98. The van der Waals surface area contributed by atoms with Crippen LogP contribution in [0.4, 0.5) is 18.9 Å². The summed E-state index contributed by atoms with van der Waals surface area (Å²) in [4.78, 5) is 13.3. The van der Waals surface area contributed by atoms with Crippen LogP contribution in [0.5, 0.6) is 0 Å². The number of halogens is 3. The van der Waals surface area contributed by atoms with E-state index in [1.165, 1.54) is 12.1 Å². The van der Waals surface area contributed by atoms with Crippen molar-refractivity contribution in [2.75, 3.05) is 18.0 Å². The van der Waals surface area contributed by atoms with Crippen LogP contribution in [-0.2, 0) is 6.18 Å². The van der Waals surface area contributed by atoms with Crippen molar-refractivity contribution in [3.63, 3.8) is 0 Å². The van der Waals surface area contributed by atoms with E-state index in [9.17, 15) is 18.0 Å². The van der Waals surface area contributed by atoms with Crippen molar-refractivity contribution in [1.82, 2.24) is 0 Å². The first-order chi connectivity index (χ1) is 10.4. The van der Waals surface area contributed by atoms with Gasteiger partial charge in [0.25, 0.3) is 0 Å². The maximum absolute atomic E-state index is 13.1. The average Bonchev–Trinajstić information content (AvgIpc) is 2.44. The van der Waals surface area contributed by atoms with E-state index < -0.39 is 17.4 Å². The molecule has 22 heavy (non-hydrogen) atoms. The van der Waals surface area contributed by atoms with Crippen LogP contribution in [0.1, 0.15) is 32.3 Å². The zero-order valence-electron chi connectivity index (χ0n) is 12.5. The minimum absolute atomic E-state index is 0.0449. The molecule has 1 aromatic heterocycles. The summed E-state index contributed by atoms with van der Waals surface area (Å²) in [5.41, 5.74) is -1.29. The Labute approximate surface area is 126 Å². The molecule has 6 heteroatoms. The highest BCUT2D eigenvalue weighted by atomic mass is 19.4. The van der Waals surface area contributed by atoms with Crippen LogP contribution >= 0.6 is 0 Å². The van der Waals surface area contributed by atoms with Crippen molar-refractivity contribution in [3.05, 3.63) is 40.2 Å². The average molecular weight is 313 g/mol. The van der Waals surface area contributed by atoms with Crippen molar-refractivity contribution in [1.29, 1.82) is 0 Å². The highest BCUT2D eigenvalue weighted by Gasteiger charge is 2.34. The second-order valence-electron chi connectivity index (χ2n) is 5.14. The number of alkyl halides is 3. The lowest BCUT2D eigenvalue weighted by Gasteiger charge is -2.24. The number of rotatable bonds is 5. The van der Waals surface area contributed by atoms with E-state index in [2.05, 4.69) is 0 Å². The zero-order valence-corrected chi connectivity index (χ0v) is 12.5. The molecule has 3 nitrogen and oxygen atoms in total. The van der Waals surface area contributed by atoms with Crippen molar-refractivity contribution < 1.29 is 17.6 Å². The minimum Gasteiger partial charge on any atom is -0.423 e. The number of fused-ring (bicyclic) bond motifs is 1. The summed E-state index contributed by atoms with van der Waals surface area (Å²) in [7, 11) is 0. The van der Waals surface area contributed by atoms with Gasteiger partial charge in [0, 0.05) is 30.2 Å². The third kappa shape index (κ3) is 3.43. The van der Waals surface area contributed by atoms with Gasteiger partial charge in [0.15, 0.2) is 0 Å². The molecule has 1 heterocycles. The fourth-order valence-corrected chi connectivity index (χ4v) is 2.49. The molecule has 120 valence electrons. The molecular formula is C16H18F3NO2. The molecule has 0 amide bonds. The Morgan fingerprint density at radius 2 is 1.73 bits per heavy atom. The van der Waals surface area contributed by atoms with Gasteiger partial charge in [-0.25, -0.2) is 4.79 Å². The summed E-state index contributed by atoms with van der Waals surface area (Å²) in [6, 6.07) is 5.08. The van der Waals surface area contributed by atoms with Gasteiger partial charge in [0.1, 0.15) is 5.58 Å². The summed E-state index contributed by atoms with van der Waals surface area (Å²) in [5, 5.41) is -0.0817. The van der Waals surface area contributed by atoms with Crippen LogP contribution in [0.3, 0.4) is 0 Å². The number of hydrogen-bond donors (Lipinski definition) is 0. The van der Waals surface area contributed by atoms with E-state index in [1.807, 2.05) is 18.7 Å². The second kappa shape index (κ2) is 6.42. The number of benzene rings is 1. The van der Waals surface area contributed by atoms with Gasteiger partial charge in [-0.15, -0.1) is 0 Å². The van der Waals surface area contributed by atoms with Crippen LogP contribution in [-0.4, -0.2) is 13.1 Å². The summed E-state index contributed by atoms with van der Waals surface area (Å²) in [6.45, 7) is 5.56. The highest BCUT2D eigenvalue weighted by molar-refractivity contribution is 5.84. The lowest BCUT2D eigenvalue weighted by Crippen LogP contribution is -2.24. The predicted molar refractivity (Wildman–Crippen MR) is 80.3 cm³/mol. The molecule has 0 unspecified atom stereocenters. The van der Waals surface area contributed by atoms with Gasteiger partial charge >= 0.3 is 11.8 Å². The van der Waals surface area contributed by atoms with E-state index in [4.69, 9.17) is 4.42 Å². The van der Waals surface area contributed by atoms with Crippen molar-refractivity contribution in [2.45, 2.75) is 32.9 Å². The Morgan fingerprint density at radius 3 is 2.27 bits per heavy atom. The van der Waals surface area contributed by atoms with Gasteiger partial charge in [-0.1, -0.05) is 13.8 Å². The molecule has 1 aromatic carbocycles. The smallest absolute Gasteiger partial charge is 0.417 e. The Morgan fingerprint density at radius 1 is 1.09 bits per heavy atom. The molecule has 2 rings (SSSR count). The molecule has 2 aromatic rings. The third-order valence-corrected chi connectivity index (χ3v) is 3.38. The van der Waals surface area contributed by atoms with Gasteiger partial charge in [-0.05, 0) is 31.0 Å². The Bertz CT molecular complexity index is 701. The first kappa shape index (κ1) is 16.4. The molecule has 0 radical (unpaired) electrons. The Balaban J connectivity index is 2.61. The largest absolute Gasteiger partial charge is 0.423 e. The van der Waals surface area contributed by atoms with E-state index in [1.54, 1.807) is 6.07 Å². The quantitative estimate of drug-likeness (QED) is 0.765. The maximum atomic E-state index is 13.1. The summed E-state index contributed by atoms with van der Waals surface area (Å²) in [5.74, 6) is 0. The van der Waals surface area contributed by atoms with Gasteiger partial charge in [0.2, 0.25) is 0 Å².